The van der Waals surface area contributed by atoms with Crippen molar-refractivity contribution in [3.63, 3.8) is 0 Å². The van der Waals surface area contributed by atoms with Crippen molar-refractivity contribution in [3.8, 4) is 0 Å². The van der Waals surface area contributed by atoms with Crippen LogP contribution in [-0.2, 0) is 11.3 Å². The summed E-state index contributed by atoms with van der Waals surface area (Å²) in [5.74, 6) is 0.373. The number of carbonyl (C=O) groups is 1. The van der Waals surface area contributed by atoms with E-state index in [4.69, 9.17) is 0 Å². The standard InChI is InChI=1S/C20H21N3OS/c1-23(2)17-10-7-15(8-11-17)13-21-19(24)14-25-20-12-9-16-5-3-4-6-18(16)22-20/h3-12H,13-14H2,1-2H3,(H,21,24). The average molecular weight is 351 g/mol. The number of fused-ring (bicyclic) bond motifs is 1. The van der Waals surface area contributed by atoms with Gasteiger partial charge in [0.1, 0.15) is 0 Å². The van der Waals surface area contributed by atoms with Gasteiger partial charge in [-0.1, -0.05) is 48.2 Å². The van der Waals surface area contributed by atoms with Gasteiger partial charge in [-0.3, -0.25) is 4.79 Å². The minimum atomic E-state index is 0.0108. The molecule has 0 bridgehead atoms. The van der Waals surface area contributed by atoms with Crippen molar-refractivity contribution in [1.82, 2.24) is 10.3 Å². The molecule has 4 nitrogen and oxygen atoms in total. The fourth-order valence-corrected chi connectivity index (χ4v) is 3.14. The van der Waals surface area contributed by atoms with Crippen molar-refractivity contribution in [2.24, 2.45) is 0 Å². The van der Waals surface area contributed by atoms with E-state index in [1.165, 1.54) is 11.8 Å². The summed E-state index contributed by atoms with van der Waals surface area (Å²) in [4.78, 5) is 18.7. The van der Waals surface area contributed by atoms with Gasteiger partial charge in [0.2, 0.25) is 5.91 Å². The number of nitrogens with one attached hydrogen (secondary N) is 1. The molecule has 1 N–H and O–H groups in total. The van der Waals surface area contributed by atoms with E-state index in [1.807, 2.05) is 62.6 Å². The molecule has 5 heteroatoms. The van der Waals surface area contributed by atoms with Crippen molar-refractivity contribution < 1.29 is 4.79 Å². The molecule has 0 saturated carbocycles. The molecule has 0 atom stereocenters. The number of amides is 1. The molecule has 1 aromatic heterocycles. The number of hydrogen-bond acceptors (Lipinski definition) is 4. The van der Waals surface area contributed by atoms with E-state index in [0.717, 1.165) is 27.2 Å². The molecule has 3 rings (SSSR count). The topological polar surface area (TPSA) is 45.2 Å². The van der Waals surface area contributed by atoms with Gasteiger partial charge in [0.05, 0.1) is 16.3 Å². The number of benzene rings is 2. The lowest BCUT2D eigenvalue weighted by Gasteiger charge is -2.12. The number of nitrogens with zero attached hydrogens (tertiary/aromatic N) is 2. The Labute approximate surface area is 152 Å². The quantitative estimate of drug-likeness (QED) is 0.688. The van der Waals surface area contributed by atoms with Gasteiger partial charge < -0.3 is 10.2 Å². The zero-order valence-electron chi connectivity index (χ0n) is 14.4. The third-order valence-electron chi connectivity index (χ3n) is 3.87. The number of rotatable bonds is 6. The monoisotopic (exact) mass is 351 g/mol. The van der Waals surface area contributed by atoms with Gasteiger partial charge in [0.25, 0.3) is 0 Å². The maximum Gasteiger partial charge on any atom is 0.230 e. The summed E-state index contributed by atoms with van der Waals surface area (Å²) in [5, 5.41) is 4.93. The zero-order valence-corrected chi connectivity index (χ0v) is 15.2. The van der Waals surface area contributed by atoms with E-state index < -0.39 is 0 Å². The minimum absolute atomic E-state index is 0.0108. The first-order valence-electron chi connectivity index (χ1n) is 8.13. The maximum atomic E-state index is 12.1. The predicted molar refractivity (Wildman–Crippen MR) is 105 cm³/mol. The molecule has 0 fully saturated rings. The zero-order chi connectivity index (χ0) is 17.6. The van der Waals surface area contributed by atoms with Crippen LogP contribution in [0, 0.1) is 0 Å². The Kier molecular flexibility index (Phi) is 5.56. The summed E-state index contributed by atoms with van der Waals surface area (Å²) in [6.45, 7) is 0.540. The van der Waals surface area contributed by atoms with Crippen LogP contribution in [0.2, 0.25) is 0 Å². The second-order valence-corrected chi connectivity index (χ2v) is 6.96. The van der Waals surface area contributed by atoms with Gasteiger partial charge >= 0.3 is 0 Å². The Balaban J connectivity index is 1.50. The summed E-state index contributed by atoms with van der Waals surface area (Å²) >= 11 is 1.46. The van der Waals surface area contributed by atoms with Crippen LogP contribution in [-0.4, -0.2) is 30.7 Å². The van der Waals surface area contributed by atoms with E-state index in [9.17, 15) is 4.79 Å². The van der Waals surface area contributed by atoms with Gasteiger partial charge in [-0.25, -0.2) is 4.98 Å². The van der Waals surface area contributed by atoms with Gasteiger partial charge in [0, 0.05) is 31.7 Å². The van der Waals surface area contributed by atoms with Crippen molar-refractivity contribution in [2.75, 3.05) is 24.7 Å². The molecule has 0 aliphatic rings. The van der Waals surface area contributed by atoms with Crippen molar-refractivity contribution in [2.45, 2.75) is 11.6 Å². The van der Waals surface area contributed by atoms with Crippen LogP contribution in [0.1, 0.15) is 5.56 Å². The lowest BCUT2D eigenvalue weighted by molar-refractivity contribution is -0.118. The molecular formula is C20H21N3OS. The Morgan fingerprint density at radius 2 is 1.80 bits per heavy atom. The summed E-state index contributed by atoms with van der Waals surface area (Å²) < 4.78 is 0. The number of hydrogen-bond donors (Lipinski definition) is 1. The number of carbonyl (C=O) groups excluding carboxylic acids is 1. The third-order valence-corrected chi connectivity index (χ3v) is 4.80. The van der Waals surface area contributed by atoms with Gasteiger partial charge in [-0.2, -0.15) is 0 Å². The summed E-state index contributed by atoms with van der Waals surface area (Å²) in [5.41, 5.74) is 3.19. The number of aromatic nitrogens is 1. The first-order chi connectivity index (χ1) is 12.1. The molecule has 0 aliphatic carbocycles. The molecule has 1 amide bonds. The maximum absolute atomic E-state index is 12.1. The molecule has 2 aromatic carbocycles. The van der Waals surface area contributed by atoms with E-state index in [-0.39, 0.29) is 5.91 Å². The molecular weight excluding hydrogens is 330 g/mol. The molecule has 1 heterocycles. The van der Waals surface area contributed by atoms with E-state index in [1.54, 1.807) is 0 Å². The molecule has 0 spiro atoms. The first kappa shape index (κ1) is 17.3. The molecule has 0 radical (unpaired) electrons. The Hall–Kier alpha value is -2.53. The highest BCUT2D eigenvalue weighted by molar-refractivity contribution is 7.99. The fraction of sp³-hybridized carbons (Fsp3) is 0.200. The lowest BCUT2D eigenvalue weighted by Crippen LogP contribution is -2.24. The smallest absolute Gasteiger partial charge is 0.230 e. The average Bonchev–Trinajstić information content (AvgIpc) is 2.65. The van der Waals surface area contributed by atoms with Crippen LogP contribution in [0.15, 0.2) is 65.7 Å². The van der Waals surface area contributed by atoms with Crippen LogP contribution in [0.3, 0.4) is 0 Å². The summed E-state index contributed by atoms with van der Waals surface area (Å²) in [6.07, 6.45) is 0. The van der Waals surface area contributed by atoms with Crippen LogP contribution in [0.25, 0.3) is 10.9 Å². The van der Waals surface area contributed by atoms with Crippen LogP contribution < -0.4 is 10.2 Å². The minimum Gasteiger partial charge on any atom is -0.378 e. The first-order valence-corrected chi connectivity index (χ1v) is 9.12. The molecule has 25 heavy (non-hydrogen) atoms. The van der Waals surface area contributed by atoms with Crippen molar-refractivity contribution in [3.05, 3.63) is 66.2 Å². The Morgan fingerprint density at radius 1 is 1.04 bits per heavy atom. The summed E-state index contributed by atoms with van der Waals surface area (Å²) in [7, 11) is 4.02. The van der Waals surface area contributed by atoms with Gasteiger partial charge in [-0.15, -0.1) is 0 Å². The number of thioether (sulfide) groups is 1. The van der Waals surface area contributed by atoms with E-state index in [2.05, 4.69) is 27.3 Å². The lowest BCUT2D eigenvalue weighted by atomic mass is 10.2. The van der Waals surface area contributed by atoms with Crippen LogP contribution in [0.5, 0.6) is 0 Å². The molecule has 0 aliphatic heterocycles. The Morgan fingerprint density at radius 3 is 2.56 bits per heavy atom. The second kappa shape index (κ2) is 8.03. The number of anilines is 1. The van der Waals surface area contributed by atoms with Crippen molar-refractivity contribution in [1.29, 1.82) is 0 Å². The molecule has 128 valence electrons. The molecule has 0 saturated heterocycles. The highest BCUT2D eigenvalue weighted by Crippen LogP contribution is 2.19. The SMILES string of the molecule is CN(C)c1ccc(CNC(=O)CSc2ccc3ccccc3n2)cc1. The normalized spacial score (nSPS) is 10.6. The molecule has 0 unspecified atom stereocenters. The Bertz CT molecular complexity index is 862. The summed E-state index contributed by atoms with van der Waals surface area (Å²) in [6, 6.07) is 20.1. The van der Waals surface area contributed by atoms with Crippen molar-refractivity contribution >= 4 is 34.3 Å². The van der Waals surface area contributed by atoms with Gasteiger partial charge in [0.15, 0.2) is 0 Å². The van der Waals surface area contributed by atoms with Gasteiger partial charge in [-0.05, 0) is 29.8 Å². The van der Waals surface area contributed by atoms with E-state index >= 15 is 0 Å². The number of pyridine rings is 1. The highest BCUT2D eigenvalue weighted by atomic mass is 32.2. The number of para-hydroxylation sites is 1. The van der Waals surface area contributed by atoms with Crippen LogP contribution >= 0.6 is 11.8 Å². The molecule has 3 aromatic rings. The second-order valence-electron chi connectivity index (χ2n) is 5.97. The highest BCUT2D eigenvalue weighted by Gasteiger charge is 2.05. The third kappa shape index (κ3) is 4.73. The fourth-order valence-electron chi connectivity index (χ4n) is 2.43. The van der Waals surface area contributed by atoms with E-state index in [0.29, 0.717) is 12.3 Å². The predicted octanol–water partition coefficient (Wildman–Crippen LogP) is 3.71. The van der Waals surface area contributed by atoms with Crippen LogP contribution in [0.4, 0.5) is 5.69 Å². The largest absolute Gasteiger partial charge is 0.378 e.